The summed E-state index contributed by atoms with van der Waals surface area (Å²) in [5.74, 6) is 0.206. The van der Waals surface area contributed by atoms with Gasteiger partial charge < -0.3 is 10.6 Å². The van der Waals surface area contributed by atoms with Crippen LogP contribution in [0.1, 0.15) is 30.6 Å². The number of thiophene rings is 1. The molecule has 108 valence electrons. The zero-order chi connectivity index (χ0) is 12.8. The summed E-state index contributed by atoms with van der Waals surface area (Å²) in [6.45, 7) is 2.04. The molecule has 1 aliphatic heterocycles. The minimum atomic E-state index is 0. The molecule has 0 radical (unpaired) electrons. The van der Waals surface area contributed by atoms with E-state index in [1.807, 2.05) is 0 Å². The van der Waals surface area contributed by atoms with Crippen molar-refractivity contribution < 1.29 is 4.79 Å². The minimum Gasteiger partial charge on any atom is -0.353 e. The topological polar surface area (TPSA) is 41.1 Å². The molecule has 0 bridgehead atoms. The third-order valence-electron chi connectivity index (χ3n) is 3.16. The van der Waals surface area contributed by atoms with E-state index in [-0.39, 0.29) is 18.3 Å². The largest absolute Gasteiger partial charge is 0.353 e. The molecule has 2 rings (SSSR count). The van der Waals surface area contributed by atoms with E-state index in [0.717, 1.165) is 42.6 Å². The Morgan fingerprint density at radius 1 is 1.42 bits per heavy atom. The lowest BCUT2D eigenvalue weighted by atomic mass is 10.1. The van der Waals surface area contributed by atoms with E-state index < -0.39 is 0 Å². The average molecular weight is 368 g/mol. The number of rotatable bonds is 5. The molecule has 0 aromatic carbocycles. The van der Waals surface area contributed by atoms with Crippen molar-refractivity contribution in [3.63, 3.8) is 0 Å². The molecule has 1 amide bonds. The Morgan fingerprint density at radius 3 is 2.79 bits per heavy atom. The first-order valence-electron chi connectivity index (χ1n) is 6.48. The van der Waals surface area contributed by atoms with Crippen molar-refractivity contribution in [1.82, 2.24) is 10.6 Å². The number of hydrogen-bond acceptors (Lipinski definition) is 3. The third-order valence-corrected chi connectivity index (χ3v) is 4.84. The van der Waals surface area contributed by atoms with Crippen LogP contribution in [0, 0.1) is 0 Å². The molecule has 0 saturated carbocycles. The zero-order valence-electron chi connectivity index (χ0n) is 10.8. The van der Waals surface area contributed by atoms with Crippen LogP contribution >= 0.6 is 39.7 Å². The van der Waals surface area contributed by atoms with Crippen molar-refractivity contribution in [2.45, 2.75) is 38.1 Å². The SMILES string of the molecule is Cl.O=C(CCCc1ccc(Br)s1)NC1CCNCC1. The summed E-state index contributed by atoms with van der Waals surface area (Å²) in [5.41, 5.74) is 0. The maximum absolute atomic E-state index is 11.8. The molecular weight excluding hydrogens is 348 g/mol. The second kappa shape index (κ2) is 8.95. The molecule has 19 heavy (non-hydrogen) atoms. The summed E-state index contributed by atoms with van der Waals surface area (Å²) in [4.78, 5) is 13.1. The summed E-state index contributed by atoms with van der Waals surface area (Å²) < 4.78 is 1.16. The highest BCUT2D eigenvalue weighted by atomic mass is 79.9. The number of carbonyl (C=O) groups is 1. The van der Waals surface area contributed by atoms with E-state index in [1.165, 1.54) is 4.88 Å². The Bertz CT molecular complexity index is 394. The number of hydrogen-bond donors (Lipinski definition) is 2. The van der Waals surface area contributed by atoms with E-state index in [0.29, 0.717) is 12.5 Å². The van der Waals surface area contributed by atoms with E-state index in [2.05, 4.69) is 38.7 Å². The summed E-state index contributed by atoms with van der Waals surface area (Å²) in [6, 6.07) is 4.57. The molecule has 0 spiro atoms. The number of piperidine rings is 1. The predicted molar refractivity (Wildman–Crippen MR) is 86.2 cm³/mol. The molecular formula is C13H20BrClN2OS. The number of aryl methyl sites for hydroxylation is 1. The Morgan fingerprint density at radius 2 is 2.16 bits per heavy atom. The maximum atomic E-state index is 11.8. The monoisotopic (exact) mass is 366 g/mol. The van der Waals surface area contributed by atoms with Crippen LogP contribution < -0.4 is 10.6 Å². The van der Waals surface area contributed by atoms with Crippen molar-refractivity contribution >= 4 is 45.6 Å². The van der Waals surface area contributed by atoms with Gasteiger partial charge in [-0.25, -0.2) is 0 Å². The van der Waals surface area contributed by atoms with Crippen LogP contribution in [0.15, 0.2) is 15.9 Å². The van der Waals surface area contributed by atoms with Crippen LogP contribution in [0.25, 0.3) is 0 Å². The highest BCUT2D eigenvalue weighted by Gasteiger charge is 2.14. The van der Waals surface area contributed by atoms with E-state index >= 15 is 0 Å². The molecule has 3 nitrogen and oxygen atoms in total. The molecule has 6 heteroatoms. The van der Waals surface area contributed by atoms with Crippen molar-refractivity contribution in [1.29, 1.82) is 0 Å². The second-order valence-corrected chi connectivity index (χ2v) is 7.20. The van der Waals surface area contributed by atoms with E-state index in [4.69, 9.17) is 0 Å². The third kappa shape index (κ3) is 6.25. The number of halogens is 2. The van der Waals surface area contributed by atoms with Crippen LogP contribution in [0.2, 0.25) is 0 Å². The smallest absolute Gasteiger partial charge is 0.220 e. The van der Waals surface area contributed by atoms with Gasteiger partial charge in [0.15, 0.2) is 0 Å². The van der Waals surface area contributed by atoms with Gasteiger partial charge in [0, 0.05) is 17.3 Å². The Hall–Kier alpha value is -0.100. The Kier molecular flexibility index (Phi) is 7.99. The highest BCUT2D eigenvalue weighted by molar-refractivity contribution is 9.11. The summed E-state index contributed by atoms with van der Waals surface area (Å²) in [5, 5.41) is 6.43. The molecule has 1 aliphatic rings. The van der Waals surface area contributed by atoms with Crippen LogP contribution in [-0.2, 0) is 11.2 Å². The van der Waals surface area contributed by atoms with Crippen LogP contribution in [-0.4, -0.2) is 25.0 Å². The second-order valence-electron chi connectivity index (χ2n) is 4.65. The fourth-order valence-corrected chi connectivity index (χ4v) is 3.70. The first kappa shape index (κ1) is 17.0. The highest BCUT2D eigenvalue weighted by Crippen LogP contribution is 2.23. The van der Waals surface area contributed by atoms with Crippen LogP contribution in [0.5, 0.6) is 0 Å². The summed E-state index contributed by atoms with van der Waals surface area (Å²) >= 11 is 5.20. The molecule has 0 aliphatic carbocycles. The van der Waals surface area contributed by atoms with Gasteiger partial charge in [0.2, 0.25) is 5.91 Å². The molecule has 1 fully saturated rings. The number of amides is 1. The Labute approximate surface area is 133 Å². The maximum Gasteiger partial charge on any atom is 0.220 e. The normalized spacial score (nSPS) is 15.8. The number of carbonyl (C=O) groups excluding carboxylic acids is 1. The van der Waals surface area contributed by atoms with Crippen molar-refractivity contribution in [3.05, 3.63) is 20.8 Å². The first-order chi connectivity index (χ1) is 8.74. The standard InChI is InChI=1S/C13H19BrN2OS.ClH/c14-12-5-4-11(18-12)2-1-3-13(17)16-10-6-8-15-9-7-10;/h4-5,10,15H,1-3,6-9H2,(H,16,17);1H. The van der Waals surface area contributed by atoms with Crippen LogP contribution in [0.4, 0.5) is 0 Å². The molecule has 0 atom stereocenters. The molecule has 1 saturated heterocycles. The van der Waals surface area contributed by atoms with Crippen molar-refractivity contribution in [2.75, 3.05) is 13.1 Å². The first-order valence-corrected chi connectivity index (χ1v) is 8.09. The van der Waals surface area contributed by atoms with Gasteiger partial charge in [0.05, 0.1) is 3.79 Å². The van der Waals surface area contributed by atoms with Gasteiger partial charge in [-0.3, -0.25) is 4.79 Å². The predicted octanol–water partition coefficient (Wildman–Crippen LogP) is 3.12. The Balaban J connectivity index is 0.00000180. The van der Waals surface area contributed by atoms with Gasteiger partial charge in [-0.15, -0.1) is 23.7 Å². The lowest BCUT2D eigenvalue weighted by Gasteiger charge is -2.23. The fourth-order valence-electron chi connectivity index (χ4n) is 2.18. The van der Waals surface area contributed by atoms with Gasteiger partial charge in [-0.1, -0.05) is 0 Å². The van der Waals surface area contributed by atoms with Gasteiger partial charge in [0.25, 0.3) is 0 Å². The zero-order valence-corrected chi connectivity index (χ0v) is 14.0. The lowest BCUT2D eigenvalue weighted by molar-refractivity contribution is -0.122. The molecule has 2 heterocycles. The molecule has 1 aromatic heterocycles. The van der Waals surface area contributed by atoms with Gasteiger partial charge >= 0.3 is 0 Å². The van der Waals surface area contributed by atoms with Crippen molar-refractivity contribution in [3.8, 4) is 0 Å². The fraction of sp³-hybridized carbons (Fsp3) is 0.615. The summed E-state index contributed by atoms with van der Waals surface area (Å²) in [7, 11) is 0. The molecule has 0 unspecified atom stereocenters. The number of nitrogens with one attached hydrogen (secondary N) is 2. The minimum absolute atomic E-state index is 0. The lowest BCUT2D eigenvalue weighted by Crippen LogP contribution is -2.42. The molecule has 1 aromatic rings. The van der Waals surface area contributed by atoms with Crippen LogP contribution in [0.3, 0.4) is 0 Å². The van der Waals surface area contributed by atoms with E-state index in [1.54, 1.807) is 11.3 Å². The van der Waals surface area contributed by atoms with Gasteiger partial charge in [-0.2, -0.15) is 0 Å². The van der Waals surface area contributed by atoms with Gasteiger partial charge in [0.1, 0.15) is 0 Å². The summed E-state index contributed by atoms with van der Waals surface area (Å²) in [6.07, 6.45) is 4.69. The molecule has 2 N–H and O–H groups in total. The average Bonchev–Trinajstić information content (AvgIpc) is 2.76. The van der Waals surface area contributed by atoms with E-state index in [9.17, 15) is 4.79 Å². The van der Waals surface area contributed by atoms with Crippen molar-refractivity contribution in [2.24, 2.45) is 0 Å². The van der Waals surface area contributed by atoms with Gasteiger partial charge in [-0.05, 0) is 66.8 Å². The quantitative estimate of drug-likeness (QED) is 0.839.